The zero-order valence-corrected chi connectivity index (χ0v) is 12.3. The third-order valence-electron chi connectivity index (χ3n) is 3.75. The Balaban J connectivity index is 2.04. The van der Waals surface area contributed by atoms with Crippen molar-refractivity contribution in [2.24, 2.45) is 0 Å². The van der Waals surface area contributed by atoms with Crippen LogP contribution in [0.1, 0.15) is 5.56 Å². The molecule has 0 N–H and O–H groups in total. The number of pyridine rings is 1. The van der Waals surface area contributed by atoms with Gasteiger partial charge in [-0.1, -0.05) is 48.0 Å². The number of para-hydroxylation sites is 1. The number of hydrogen-bond donors (Lipinski definition) is 0. The van der Waals surface area contributed by atoms with Gasteiger partial charge in [-0.05, 0) is 31.2 Å². The fourth-order valence-corrected chi connectivity index (χ4v) is 2.65. The van der Waals surface area contributed by atoms with Crippen LogP contribution in [0.4, 0.5) is 0 Å². The van der Waals surface area contributed by atoms with Crippen LogP contribution >= 0.6 is 0 Å². The van der Waals surface area contributed by atoms with Crippen molar-refractivity contribution in [2.45, 2.75) is 6.92 Å². The average Bonchev–Trinajstić information content (AvgIpc) is 2.96. The minimum absolute atomic E-state index is 0.766. The first-order valence-electron chi connectivity index (χ1n) is 7.29. The van der Waals surface area contributed by atoms with E-state index < -0.39 is 0 Å². The highest BCUT2D eigenvalue weighted by atomic mass is 15.1. The van der Waals surface area contributed by atoms with Crippen LogP contribution in [0, 0.1) is 6.92 Å². The van der Waals surface area contributed by atoms with Crippen molar-refractivity contribution in [3.05, 3.63) is 78.5 Å². The SMILES string of the molecule is Cc1ccc(-c2nc3ncccc3n2-c2ccccc2)cc1. The highest BCUT2D eigenvalue weighted by Crippen LogP contribution is 2.27. The lowest BCUT2D eigenvalue weighted by atomic mass is 10.1. The van der Waals surface area contributed by atoms with Gasteiger partial charge in [0.15, 0.2) is 5.65 Å². The smallest absolute Gasteiger partial charge is 0.178 e. The summed E-state index contributed by atoms with van der Waals surface area (Å²) in [7, 11) is 0. The van der Waals surface area contributed by atoms with E-state index in [2.05, 4.69) is 58.9 Å². The van der Waals surface area contributed by atoms with Crippen LogP contribution in [0.3, 0.4) is 0 Å². The lowest BCUT2D eigenvalue weighted by molar-refractivity contribution is 1.10. The molecule has 0 saturated carbocycles. The first-order valence-corrected chi connectivity index (χ1v) is 7.29. The molecule has 0 spiro atoms. The molecule has 0 amide bonds. The number of nitrogens with zero attached hydrogens (tertiary/aromatic N) is 3. The van der Waals surface area contributed by atoms with Crippen LogP contribution in [0.5, 0.6) is 0 Å². The molecule has 0 saturated heterocycles. The highest BCUT2D eigenvalue weighted by Gasteiger charge is 2.14. The number of rotatable bonds is 2. The van der Waals surface area contributed by atoms with Gasteiger partial charge in [0.25, 0.3) is 0 Å². The molecule has 0 aliphatic heterocycles. The zero-order chi connectivity index (χ0) is 14.9. The molecular weight excluding hydrogens is 270 g/mol. The predicted molar refractivity (Wildman–Crippen MR) is 89.0 cm³/mol. The summed E-state index contributed by atoms with van der Waals surface area (Å²) in [5, 5.41) is 0. The second-order valence-corrected chi connectivity index (χ2v) is 5.32. The van der Waals surface area contributed by atoms with Crippen molar-refractivity contribution in [1.29, 1.82) is 0 Å². The van der Waals surface area contributed by atoms with E-state index in [9.17, 15) is 0 Å². The van der Waals surface area contributed by atoms with Gasteiger partial charge in [0, 0.05) is 17.4 Å². The van der Waals surface area contributed by atoms with Crippen molar-refractivity contribution in [2.75, 3.05) is 0 Å². The molecule has 0 aliphatic carbocycles. The summed E-state index contributed by atoms with van der Waals surface area (Å²) in [6, 6.07) is 22.7. The molecule has 2 aromatic carbocycles. The Hall–Kier alpha value is -2.94. The Morgan fingerprint density at radius 3 is 2.36 bits per heavy atom. The van der Waals surface area contributed by atoms with Gasteiger partial charge < -0.3 is 0 Å². The number of imidazole rings is 1. The van der Waals surface area contributed by atoms with Gasteiger partial charge in [0.1, 0.15) is 5.82 Å². The Kier molecular flexibility index (Phi) is 2.97. The maximum absolute atomic E-state index is 4.74. The zero-order valence-electron chi connectivity index (χ0n) is 12.3. The third kappa shape index (κ3) is 2.07. The van der Waals surface area contributed by atoms with E-state index in [0.29, 0.717) is 0 Å². The summed E-state index contributed by atoms with van der Waals surface area (Å²) in [5.74, 6) is 0.917. The molecule has 4 aromatic rings. The second kappa shape index (κ2) is 5.11. The van der Waals surface area contributed by atoms with Gasteiger partial charge in [-0.25, -0.2) is 9.97 Å². The van der Waals surface area contributed by atoms with Crippen molar-refractivity contribution in [1.82, 2.24) is 14.5 Å². The van der Waals surface area contributed by atoms with Crippen LogP contribution in [-0.4, -0.2) is 14.5 Å². The molecular formula is C19H15N3. The molecule has 0 fully saturated rings. The molecule has 2 heterocycles. The Morgan fingerprint density at radius 1 is 0.818 bits per heavy atom. The van der Waals surface area contributed by atoms with Crippen molar-refractivity contribution >= 4 is 11.2 Å². The number of aromatic nitrogens is 3. The Morgan fingerprint density at radius 2 is 1.59 bits per heavy atom. The van der Waals surface area contributed by atoms with E-state index >= 15 is 0 Å². The minimum Gasteiger partial charge on any atom is -0.291 e. The lowest BCUT2D eigenvalue weighted by Crippen LogP contribution is -1.97. The monoisotopic (exact) mass is 285 g/mol. The van der Waals surface area contributed by atoms with Crippen molar-refractivity contribution < 1.29 is 0 Å². The van der Waals surface area contributed by atoms with E-state index in [1.54, 1.807) is 6.20 Å². The second-order valence-electron chi connectivity index (χ2n) is 5.32. The molecule has 0 unspecified atom stereocenters. The molecule has 22 heavy (non-hydrogen) atoms. The standard InChI is InChI=1S/C19H15N3/c1-14-9-11-15(12-10-14)19-21-18-17(8-5-13-20-18)22(19)16-6-3-2-4-7-16/h2-13H,1H3. The fraction of sp³-hybridized carbons (Fsp3) is 0.0526. The molecule has 106 valence electrons. The van der Waals surface area contributed by atoms with E-state index in [1.807, 2.05) is 24.3 Å². The number of hydrogen-bond acceptors (Lipinski definition) is 2. The minimum atomic E-state index is 0.766. The third-order valence-corrected chi connectivity index (χ3v) is 3.75. The number of aryl methyl sites for hydroxylation is 1. The van der Waals surface area contributed by atoms with Crippen LogP contribution in [0.25, 0.3) is 28.2 Å². The predicted octanol–water partition coefficient (Wildman–Crippen LogP) is 4.40. The summed E-state index contributed by atoms with van der Waals surface area (Å²) in [5.41, 5.74) is 5.21. The molecule has 0 aliphatic rings. The largest absolute Gasteiger partial charge is 0.291 e. The number of benzene rings is 2. The molecule has 0 bridgehead atoms. The Labute approximate surface area is 128 Å². The van der Waals surface area contributed by atoms with E-state index in [4.69, 9.17) is 4.98 Å². The maximum Gasteiger partial charge on any atom is 0.178 e. The van der Waals surface area contributed by atoms with Crippen LogP contribution in [0.15, 0.2) is 72.9 Å². The van der Waals surface area contributed by atoms with Crippen molar-refractivity contribution in [3.8, 4) is 17.1 Å². The summed E-state index contributed by atoms with van der Waals surface area (Å²) in [4.78, 5) is 9.14. The van der Waals surface area contributed by atoms with Gasteiger partial charge in [0.2, 0.25) is 0 Å². The summed E-state index contributed by atoms with van der Waals surface area (Å²) in [6.07, 6.45) is 1.78. The Bertz CT molecular complexity index is 922. The summed E-state index contributed by atoms with van der Waals surface area (Å²) in [6.45, 7) is 2.09. The molecule has 2 aromatic heterocycles. The maximum atomic E-state index is 4.74. The van der Waals surface area contributed by atoms with Gasteiger partial charge >= 0.3 is 0 Å². The van der Waals surface area contributed by atoms with Gasteiger partial charge in [-0.15, -0.1) is 0 Å². The van der Waals surface area contributed by atoms with E-state index in [-0.39, 0.29) is 0 Å². The molecule has 3 nitrogen and oxygen atoms in total. The quantitative estimate of drug-likeness (QED) is 0.546. The van der Waals surface area contributed by atoms with Crippen LogP contribution in [-0.2, 0) is 0 Å². The normalized spacial score (nSPS) is 11.0. The van der Waals surface area contributed by atoms with Crippen LogP contribution in [0.2, 0.25) is 0 Å². The first kappa shape index (κ1) is 12.8. The average molecular weight is 285 g/mol. The van der Waals surface area contributed by atoms with Crippen molar-refractivity contribution in [3.63, 3.8) is 0 Å². The summed E-state index contributed by atoms with van der Waals surface area (Å²) < 4.78 is 2.16. The first-order chi connectivity index (χ1) is 10.8. The number of fused-ring (bicyclic) bond motifs is 1. The fourth-order valence-electron chi connectivity index (χ4n) is 2.65. The molecule has 0 radical (unpaired) electrons. The van der Waals surface area contributed by atoms with Gasteiger partial charge in [-0.2, -0.15) is 0 Å². The topological polar surface area (TPSA) is 30.7 Å². The molecule has 3 heteroatoms. The summed E-state index contributed by atoms with van der Waals surface area (Å²) >= 11 is 0. The van der Waals surface area contributed by atoms with Gasteiger partial charge in [0.05, 0.1) is 5.52 Å². The lowest BCUT2D eigenvalue weighted by Gasteiger charge is -2.09. The van der Waals surface area contributed by atoms with Crippen LogP contribution < -0.4 is 0 Å². The molecule has 4 rings (SSSR count). The molecule has 0 atom stereocenters. The van der Waals surface area contributed by atoms with Gasteiger partial charge in [-0.3, -0.25) is 4.57 Å². The van der Waals surface area contributed by atoms with E-state index in [0.717, 1.165) is 28.2 Å². The van der Waals surface area contributed by atoms with E-state index in [1.165, 1.54) is 5.56 Å². The highest BCUT2D eigenvalue weighted by molar-refractivity contribution is 5.80.